The summed E-state index contributed by atoms with van der Waals surface area (Å²) >= 11 is 0. The lowest BCUT2D eigenvalue weighted by atomic mass is 9.93. The fraction of sp³-hybridized carbons (Fsp3) is 0.611. The molecule has 2 saturated carbocycles. The van der Waals surface area contributed by atoms with Gasteiger partial charge in [-0.2, -0.15) is 5.26 Å². The molecular formula is C18H23N3. The summed E-state index contributed by atoms with van der Waals surface area (Å²) < 4.78 is 0. The molecule has 110 valence electrons. The highest BCUT2D eigenvalue weighted by atomic mass is 15.1. The van der Waals surface area contributed by atoms with Gasteiger partial charge in [0.1, 0.15) is 5.82 Å². The van der Waals surface area contributed by atoms with Crippen molar-refractivity contribution in [2.75, 3.05) is 6.54 Å². The van der Waals surface area contributed by atoms with E-state index in [1.54, 1.807) is 6.08 Å². The molecule has 0 aromatic heterocycles. The van der Waals surface area contributed by atoms with Gasteiger partial charge in [-0.25, -0.2) is 0 Å². The average Bonchev–Trinajstić information content (AvgIpc) is 3.25. The molecule has 0 amide bonds. The Balaban J connectivity index is 1.33. The van der Waals surface area contributed by atoms with Crippen molar-refractivity contribution in [1.29, 1.82) is 5.26 Å². The molecule has 0 aliphatic heterocycles. The third-order valence-electron chi connectivity index (χ3n) is 5.80. The molecule has 2 N–H and O–H groups in total. The van der Waals surface area contributed by atoms with Gasteiger partial charge in [0.2, 0.25) is 0 Å². The molecular weight excluding hydrogens is 258 g/mol. The topological polar surface area (TPSA) is 47.9 Å². The van der Waals surface area contributed by atoms with Crippen LogP contribution in [0.1, 0.15) is 25.7 Å². The predicted molar refractivity (Wildman–Crippen MR) is 82.8 cm³/mol. The Morgan fingerprint density at radius 3 is 2.38 bits per heavy atom. The molecule has 3 heteroatoms. The van der Waals surface area contributed by atoms with Crippen molar-refractivity contribution in [1.82, 2.24) is 10.6 Å². The lowest BCUT2D eigenvalue weighted by Crippen LogP contribution is -2.39. The molecule has 4 aliphatic carbocycles. The summed E-state index contributed by atoms with van der Waals surface area (Å²) in [4.78, 5) is 0. The molecule has 0 radical (unpaired) electrons. The van der Waals surface area contributed by atoms with Crippen LogP contribution >= 0.6 is 0 Å². The van der Waals surface area contributed by atoms with Gasteiger partial charge in [0.15, 0.2) is 0 Å². The van der Waals surface area contributed by atoms with E-state index in [1.807, 2.05) is 0 Å². The molecule has 21 heavy (non-hydrogen) atoms. The Labute approximate surface area is 126 Å². The van der Waals surface area contributed by atoms with Crippen molar-refractivity contribution in [2.45, 2.75) is 31.7 Å². The van der Waals surface area contributed by atoms with E-state index in [1.165, 1.54) is 25.7 Å². The highest BCUT2D eigenvalue weighted by molar-refractivity contribution is 5.18. The van der Waals surface area contributed by atoms with Crippen LogP contribution in [-0.2, 0) is 0 Å². The van der Waals surface area contributed by atoms with Crippen LogP contribution in [0.4, 0.5) is 0 Å². The van der Waals surface area contributed by atoms with Gasteiger partial charge in [-0.3, -0.25) is 0 Å². The lowest BCUT2D eigenvalue weighted by Gasteiger charge is -2.25. The van der Waals surface area contributed by atoms with E-state index in [9.17, 15) is 0 Å². The first-order chi connectivity index (χ1) is 10.3. The number of nitrogens with one attached hydrogen (secondary N) is 2. The highest BCUT2D eigenvalue weighted by Gasteiger charge is 2.37. The van der Waals surface area contributed by atoms with Crippen molar-refractivity contribution in [3.05, 3.63) is 36.2 Å². The average molecular weight is 281 g/mol. The van der Waals surface area contributed by atoms with Crippen LogP contribution < -0.4 is 10.6 Å². The van der Waals surface area contributed by atoms with E-state index >= 15 is 0 Å². The van der Waals surface area contributed by atoms with Crippen LogP contribution in [0.3, 0.4) is 0 Å². The number of nitriles is 1. The zero-order valence-electron chi connectivity index (χ0n) is 12.3. The Morgan fingerprint density at radius 2 is 1.81 bits per heavy atom. The third-order valence-corrected chi connectivity index (χ3v) is 5.80. The van der Waals surface area contributed by atoms with Gasteiger partial charge in [0.25, 0.3) is 0 Å². The molecule has 6 atom stereocenters. The summed E-state index contributed by atoms with van der Waals surface area (Å²) in [6.07, 6.45) is 16.3. The number of nitrogens with zero attached hydrogens (tertiary/aromatic N) is 1. The minimum Gasteiger partial charge on any atom is -0.371 e. The Morgan fingerprint density at radius 1 is 1.05 bits per heavy atom. The van der Waals surface area contributed by atoms with Crippen LogP contribution in [-0.4, -0.2) is 12.6 Å². The van der Waals surface area contributed by atoms with Gasteiger partial charge in [0, 0.05) is 12.6 Å². The van der Waals surface area contributed by atoms with E-state index in [0.29, 0.717) is 12.0 Å². The molecule has 0 spiro atoms. The predicted octanol–water partition coefficient (Wildman–Crippen LogP) is 2.71. The summed E-state index contributed by atoms with van der Waals surface area (Å²) in [7, 11) is 0. The molecule has 3 nitrogen and oxygen atoms in total. The Kier molecular flexibility index (Phi) is 3.25. The maximum Gasteiger partial charge on any atom is 0.110 e. The van der Waals surface area contributed by atoms with E-state index in [0.717, 1.165) is 36.0 Å². The van der Waals surface area contributed by atoms with E-state index in [-0.39, 0.29) is 0 Å². The molecule has 4 aliphatic rings. The highest BCUT2D eigenvalue weighted by Crippen LogP contribution is 2.43. The monoisotopic (exact) mass is 281 g/mol. The zero-order valence-corrected chi connectivity index (χ0v) is 12.3. The smallest absolute Gasteiger partial charge is 0.110 e. The number of hydrogen-bond acceptors (Lipinski definition) is 3. The van der Waals surface area contributed by atoms with Crippen LogP contribution in [0.2, 0.25) is 0 Å². The summed E-state index contributed by atoms with van der Waals surface area (Å²) in [5.41, 5.74) is 0. The summed E-state index contributed by atoms with van der Waals surface area (Å²) in [6.45, 7) is 0.989. The molecule has 4 rings (SSSR count). The number of allylic oxidation sites excluding steroid dienone is 4. The van der Waals surface area contributed by atoms with Gasteiger partial charge in [-0.15, -0.1) is 0 Å². The first-order valence-electron chi connectivity index (χ1n) is 8.28. The Hall–Kier alpha value is -1.69. The fourth-order valence-electron chi connectivity index (χ4n) is 4.73. The van der Waals surface area contributed by atoms with E-state index in [4.69, 9.17) is 5.26 Å². The first-order valence-corrected chi connectivity index (χ1v) is 8.28. The lowest BCUT2D eigenvalue weighted by molar-refractivity contribution is 0.409. The van der Waals surface area contributed by atoms with Crippen molar-refractivity contribution in [3.63, 3.8) is 0 Å². The zero-order chi connectivity index (χ0) is 14.2. The standard InChI is InChI=1S/C18H23N3/c19-6-5-18(21-17-10-13-2-4-15(17)8-13)20-11-16-9-12-1-3-14(16)7-12/h1-5,12-17,20-21H,7-11H2/b18-5+. The largest absolute Gasteiger partial charge is 0.371 e. The fourth-order valence-corrected chi connectivity index (χ4v) is 4.73. The van der Waals surface area contributed by atoms with Gasteiger partial charge in [0.05, 0.1) is 12.1 Å². The second-order valence-electron chi connectivity index (χ2n) is 7.14. The second-order valence-corrected chi connectivity index (χ2v) is 7.14. The van der Waals surface area contributed by atoms with Gasteiger partial charge >= 0.3 is 0 Å². The minimum absolute atomic E-state index is 0.507. The normalized spacial score (nSPS) is 42.5. The second kappa shape index (κ2) is 5.26. The van der Waals surface area contributed by atoms with E-state index in [2.05, 4.69) is 41.0 Å². The molecule has 2 fully saturated rings. The number of fused-ring (bicyclic) bond motifs is 4. The first kappa shape index (κ1) is 13.0. The molecule has 0 heterocycles. The van der Waals surface area contributed by atoms with Crippen molar-refractivity contribution < 1.29 is 0 Å². The van der Waals surface area contributed by atoms with Crippen molar-refractivity contribution >= 4 is 0 Å². The minimum atomic E-state index is 0.507. The maximum atomic E-state index is 9.01. The summed E-state index contributed by atoms with van der Waals surface area (Å²) in [5, 5.41) is 16.1. The third kappa shape index (κ3) is 2.48. The molecule has 6 unspecified atom stereocenters. The van der Waals surface area contributed by atoms with Crippen molar-refractivity contribution in [2.24, 2.45) is 29.6 Å². The molecule has 0 saturated heterocycles. The quantitative estimate of drug-likeness (QED) is 0.602. The van der Waals surface area contributed by atoms with Gasteiger partial charge in [-0.1, -0.05) is 24.3 Å². The Bertz CT molecular complexity index is 539. The number of rotatable bonds is 5. The van der Waals surface area contributed by atoms with Crippen LogP contribution in [0.5, 0.6) is 0 Å². The van der Waals surface area contributed by atoms with Crippen LogP contribution in [0, 0.1) is 40.9 Å². The van der Waals surface area contributed by atoms with Crippen molar-refractivity contribution in [3.8, 4) is 6.07 Å². The SMILES string of the molecule is N#C/C=C(\NCC1CC2C=CC1C2)NC1CC2C=CC1C2. The summed E-state index contributed by atoms with van der Waals surface area (Å²) in [6, 6.07) is 2.68. The molecule has 0 aromatic rings. The van der Waals surface area contributed by atoms with Crippen LogP contribution in [0.25, 0.3) is 0 Å². The van der Waals surface area contributed by atoms with Crippen LogP contribution in [0.15, 0.2) is 36.2 Å². The molecule has 0 aromatic carbocycles. The maximum absolute atomic E-state index is 9.01. The summed E-state index contributed by atoms with van der Waals surface area (Å²) in [5.74, 6) is 4.65. The van der Waals surface area contributed by atoms with Gasteiger partial charge < -0.3 is 10.6 Å². The van der Waals surface area contributed by atoms with E-state index < -0.39 is 0 Å². The molecule has 4 bridgehead atoms. The van der Waals surface area contributed by atoms with Gasteiger partial charge in [-0.05, 0) is 55.3 Å². The number of hydrogen-bond donors (Lipinski definition) is 2.